The lowest BCUT2D eigenvalue weighted by Crippen LogP contribution is -2.66. The van der Waals surface area contributed by atoms with Gasteiger partial charge < -0.3 is 14.6 Å². The molecule has 5 heteroatoms. The van der Waals surface area contributed by atoms with Crippen LogP contribution in [0.15, 0.2) is 12.5 Å². The van der Waals surface area contributed by atoms with Crippen molar-refractivity contribution < 1.29 is 9.90 Å². The van der Waals surface area contributed by atoms with Crippen LogP contribution in [0.5, 0.6) is 0 Å². The molecule has 1 fully saturated rings. The van der Waals surface area contributed by atoms with E-state index in [0.29, 0.717) is 18.8 Å². The Hall–Kier alpha value is -1.36. The molecular weight excluding hydrogens is 206 g/mol. The smallest absolute Gasteiger partial charge is 0.272 e. The van der Waals surface area contributed by atoms with Crippen LogP contribution in [0, 0.1) is 5.92 Å². The molecule has 0 spiro atoms. The predicted octanol–water partition coefficient (Wildman–Crippen LogP) is 0.263. The summed E-state index contributed by atoms with van der Waals surface area (Å²) in [5.41, 5.74) is -0.153. The Balaban J connectivity index is 2.04. The minimum atomic E-state index is -0.714. The van der Waals surface area contributed by atoms with Crippen LogP contribution >= 0.6 is 0 Å². The van der Waals surface area contributed by atoms with Crippen LogP contribution in [0.25, 0.3) is 0 Å². The number of aromatic nitrogens is 2. The van der Waals surface area contributed by atoms with Gasteiger partial charge in [0.05, 0.1) is 25.6 Å². The summed E-state index contributed by atoms with van der Waals surface area (Å²) in [5.74, 6) is 0.105. The molecule has 2 rings (SSSR count). The van der Waals surface area contributed by atoms with E-state index in [1.165, 1.54) is 0 Å². The molecule has 0 aliphatic carbocycles. The van der Waals surface area contributed by atoms with E-state index >= 15 is 0 Å². The van der Waals surface area contributed by atoms with Crippen molar-refractivity contribution in [2.75, 3.05) is 13.1 Å². The number of carbonyl (C=O) groups is 1. The summed E-state index contributed by atoms with van der Waals surface area (Å²) in [6.45, 7) is 4.75. The van der Waals surface area contributed by atoms with Gasteiger partial charge in [0.1, 0.15) is 11.3 Å². The fourth-order valence-corrected chi connectivity index (χ4v) is 1.85. The standard InChI is InChI=1S/C11H17N3O2/c1-8(2)11(16)5-14(6-11)10(15)9-4-12-7-13(9)3/h4,7-8,16H,5-6H2,1-3H3. The lowest BCUT2D eigenvalue weighted by Gasteiger charge is -2.48. The summed E-state index contributed by atoms with van der Waals surface area (Å²) in [4.78, 5) is 17.5. The number of rotatable bonds is 2. The first-order chi connectivity index (χ1) is 7.44. The Kier molecular flexibility index (Phi) is 2.50. The van der Waals surface area contributed by atoms with Gasteiger partial charge >= 0.3 is 0 Å². The second-order valence-corrected chi connectivity index (χ2v) is 4.81. The molecule has 0 bridgehead atoms. The number of amides is 1. The molecule has 0 radical (unpaired) electrons. The lowest BCUT2D eigenvalue weighted by atomic mass is 9.83. The molecule has 0 unspecified atom stereocenters. The van der Waals surface area contributed by atoms with Crippen LogP contribution in [0.2, 0.25) is 0 Å². The molecular formula is C11H17N3O2. The van der Waals surface area contributed by atoms with E-state index in [9.17, 15) is 9.90 Å². The van der Waals surface area contributed by atoms with Crippen molar-refractivity contribution in [1.82, 2.24) is 14.5 Å². The highest BCUT2D eigenvalue weighted by Gasteiger charge is 2.46. The first kappa shape index (κ1) is 11.1. The molecule has 0 atom stereocenters. The van der Waals surface area contributed by atoms with E-state index in [1.807, 2.05) is 13.8 Å². The van der Waals surface area contributed by atoms with E-state index in [1.54, 1.807) is 29.0 Å². The highest BCUT2D eigenvalue weighted by Crippen LogP contribution is 2.29. The van der Waals surface area contributed by atoms with Gasteiger partial charge in [-0.15, -0.1) is 0 Å². The van der Waals surface area contributed by atoms with Gasteiger partial charge in [-0.25, -0.2) is 4.98 Å². The van der Waals surface area contributed by atoms with Crippen LogP contribution in [0.3, 0.4) is 0 Å². The van der Waals surface area contributed by atoms with Gasteiger partial charge in [0, 0.05) is 7.05 Å². The van der Waals surface area contributed by atoms with Crippen LogP contribution in [0.1, 0.15) is 24.3 Å². The van der Waals surface area contributed by atoms with Crippen molar-refractivity contribution in [3.63, 3.8) is 0 Å². The zero-order chi connectivity index (χ0) is 11.9. The minimum Gasteiger partial charge on any atom is -0.386 e. The Bertz CT molecular complexity index is 405. The van der Waals surface area contributed by atoms with Gasteiger partial charge in [-0.3, -0.25) is 4.79 Å². The van der Waals surface area contributed by atoms with Crippen LogP contribution in [0.4, 0.5) is 0 Å². The van der Waals surface area contributed by atoms with Crippen molar-refractivity contribution in [2.24, 2.45) is 13.0 Å². The maximum absolute atomic E-state index is 12.0. The lowest BCUT2D eigenvalue weighted by molar-refractivity contribution is -0.111. The van der Waals surface area contributed by atoms with Gasteiger partial charge in [-0.1, -0.05) is 13.8 Å². The third-order valence-electron chi connectivity index (χ3n) is 3.33. The Morgan fingerprint density at radius 2 is 2.19 bits per heavy atom. The Labute approximate surface area is 94.7 Å². The van der Waals surface area contributed by atoms with E-state index in [4.69, 9.17) is 0 Å². The third-order valence-corrected chi connectivity index (χ3v) is 3.33. The monoisotopic (exact) mass is 223 g/mol. The number of aryl methyl sites for hydroxylation is 1. The zero-order valence-electron chi connectivity index (χ0n) is 9.84. The molecule has 1 aliphatic rings. The van der Waals surface area contributed by atoms with Gasteiger partial charge in [0.15, 0.2) is 0 Å². The fourth-order valence-electron chi connectivity index (χ4n) is 1.85. The SMILES string of the molecule is CC(C)C1(O)CN(C(=O)c2cncn2C)C1. The number of hydrogen-bond donors (Lipinski definition) is 1. The number of imidazole rings is 1. The highest BCUT2D eigenvalue weighted by molar-refractivity contribution is 5.93. The molecule has 0 aromatic carbocycles. The van der Waals surface area contributed by atoms with Crippen molar-refractivity contribution in [2.45, 2.75) is 19.4 Å². The average Bonchev–Trinajstić information content (AvgIpc) is 2.58. The average molecular weight is 223 g/mol. The van der Waals surface area contributed by atoms with Gasteiger partial charge in [-0.05, 0) is 5.92 Å². The van der Waals surface area contributed by atoms with E-state index in [-0.39, 0.29) is 11.8 Å². The second kappa shape index (κ2) is 3.59. The quantitative estimate of drug-likeness (QED) is 0.782. The maximum Gasteiger partial charge on any atom is 0.272 e. The maximum atomic E-state index is 12.0. The van der Waals surface area contributed by atoms with Gasteiger partial charge in [0.2, 0.25) is 0 Å². The molecule has 1 aromatic heterocycles. The normalized spacial score (nSPS) is 18.7. The summed E-state index contributed by atoms with van der Waals surface area (Å²) in [6.07, 6.45) is 3.15. The summed E-state index contributed by atoms with van der Waals surface area (Å²) >= 11 is 0. The largest absolute Gasteiger partial charge is 0.386 e. The number of nitrogens with zero attached hydrogens (tertiary/aromatic N) is 3. The van der Waals surface area contributed by atoms with Gasteiger partial charge in [-0.2, -0.15) is 0 Å². The minimum absolute atomic E-state index is 0.0645. The second-order valence-electron chi connectivity index (χ2n) is 4.81. The van der Waals surface area contributed by atoms with Crippen LogP contribution in [-0.2, 0) is 7.05 Å². The molecule has 1 aliphatic heterocycles. The van der Waals surface area contributed by atoms with Crippen LogP contribution in [-0.4, -0.2) is 44.2 Å². The van der Waals surface area contributed by atoms with E-state index in [0.717, 1.165) is 0 Å². The van der Waals surface area contributed by atoms with Crippen LogP contribution < -0.4 is 0 Å². The third kappa shape index (κ3) is 1.61. The van der Waals surface area contributed by atoms with Crippen molar-refractivity contribution >= 4 is 5.91 Å². The number of β-amino-alcohol motifs (C(OH)–C–C–N with tert-alkyl or cyclic N) is 1. The summed E-state index contributed by atoms with van der Waals surface area (Å²) in [6, 6.07) is 0. The number of carbonyl (C=O) groups excluding carboxylic acids is 1. The molecule has 1 N–H and O–H groups in total. The Morgan fingerprint density at radius 1 is 1.56 bits per heavy atom. The molecule has 2 heterocycles. The number of hydrogen-bond acceptors (Lipinski definition) is 3. The highest BCUT2D eigenvalue weighted by atomic mass is 16.3. The van der Waals surface area contributed by atoms with E-state index in [2.05, 4.69) is 4.98 Å². The van der Waals surface area contributed by atoms with E-state index < -0.39 is 5.60 Å². The first-order valence-corrected chi connectivity index (χ1v) is 5.42. The molecule has 5 nitrogen and oxygen atoms in total. The molecule has 1 aromatic rings. The summed E-state index contributed by atoms with van der Waals surface area (Å²) in [5, 5.41) is 10.1. The summed E-state index contributed by atoms with van der Waals surface area (Å²) < 4.78 is 1.69. The fraction of sp³-hybridized carbons (Fsp3) is 0.636. The first-order valence-electron chi connectivity index (χ1n) is 5.42. The van der Waals surface area contributed by atoms with Gasteiger partial charge in [0.25, 0.3) is 5.91 Å². The molecule has 1 saturated heterocycles. The Morgan fingerprint density at radius 3 is 2.62 bits per heavy atom. The van der Waals surface area contributed by atoms with Crippen molar-refractivity contribution in [3.05, 3.63) is 18.2 Å². The summed E-state index contributed by atoms with van der Waals surface area (Å²) in [7, 11) is 1.79. The number of likely N-dealkylation sites (tertiary alicyclic amines) is 1. The molecule has 1 amide bonds. The molecule has 0 saturated carbocycles. The van der Waals surface area contributed by atoms with Crippen molar-refractivity contribution in [3.8, 4) is 0 Å². The molecule has 16 heavy (non-hydrogen) atoms. The molecule has 88 valence electrons. The predicted molar refractivity (Wildman–Crippen MR) is 58.9 cm³/mol. The van der Waals surface area contributed by atoms with Crippen molar-refractivity contribution in [1.29, 1.82) is 0 Å². The number of aliphatic hydroxyl groups is 1. The zero-order valence-corrected chi connectivity index (χ0v) is 9.84. The topological polar surface area (TPSA) is 58.4 Å².